The summed E-state index contributed by atoms with van der Waals surface area (Å²) >= 11 is 0. The Morgan fingerprint density at radius 3 is 2.75 bits per heavy atom. The molecule has 0 atom stereocenters. The van der Waals surface area contributed by atoms with Crippen molar-refractivity contribution in [2.75, 3.05) is 19.2 Å². The van der Waals surface area contributed by atoms with E-state index < -0.39 is 0 Å². The quantitative estimate of drug-likeness (QED) is 0.728. The lowest BCUT2D eigenvalue weighted by atomic mass is 10.3. The van der Waals surface area contributed by atoms with Crippen LogP contribution in [0, 0.1) is 0 Å². The number of anilines is 1. The maximum atomic E-state index is 5.18. The van der Waals surface area contributed by atoms with Crippen molar-refractivity contribution in [2.24, 2.45) is 0 Å². The molecule has 0 amide bonds. The first kappa shape index (κ1) is 9.00. The van der Waals surface area contributed by atoms with Crippen LogP contribution in [0.3, 0.4) is 0 Å². The van der Waals surface area contributed by atoms with Gasteiger partial charge in [0.15, 0.2) is 11.5 Å². The van der Waals surface area contributed by atoms with Crippen LogP contribution in [0.4, 0.5) is 5.69 Å². The summed E-state index contributed by atoms with van der Waals surface area (Å²) in [5.74, 6) is 1.64. The molecular formula is C8H10ClNO2. The summed E-state index contributed by atoms with van der Waals surface area (Å²) in [5.41, 5.74) is 1.04. The Labute approximate surface area is 77.1 Å². The number of rotatable bonds is 1. The number of halogens is 1. The third-order valence-corrected chi connectivity index (χ3v) is 1.66. The van der Waals surface area contributed by atoms with Gasteiger partial charge in [0.2, 0.25) is 6.79 Å². The van der Waals surface area contributed by atoms with Crippen molar-refractivity contribution in [1.82, 2.24) is 0 Å². The molecule has 2 rings (SSSR count). The molecule has 0 aromatic heterocycles. The molecule has 0 saturated heterocycles. The first-order chi connectivity index (χ1) is 5.40. The third kappa shape index (κ3) is 1.41. The number of hydrogen-bond acceptors (Lipinski definition) is 3. The second-order valence-electron chi connectivity index (χ2n) is 2.32. The van der Waals surface area contributed by atoms with Gasteiger partial charge in [-0.05, 0) is 12.1 Å². The van der Waals surface area contributed by atoms with Crippen molar-refractivity contribution in [3.8, 4) is 11.5 Å². The topological polar surface area (TPSA) is 30.5 Å². The predicted octanol–water partition coefficient (Wildman–Crippen LogP) is 1.88. The van der Waals surface area contributed by atoms with E-state index in [9.17, 15) is 0 Å². The van der Waals surface area contributed by atoms with Crippen LogP contribution in [-0.2, 0) is 0 Å². The van der Waals surface area contributed by atoms with Crippen molar-refractivity contribution in [1.29, 1.82) is 0 Å². The van der Waals surface area contributed by atoms with E-state index in [1.54, 1.807) is 0 Å². The highest BCUT2D eigenvalue weighted by Crippen LogP contribution is 2.33. The molecule has 3 nitrogen and oxygen atoms in total. The van der Waals surface area contributed by atoms with E-state index in [0.717, 1.165) is 17.2 Å². The van der Waals surface area contributed by atoms with Crippen molar-refractivity contribution in [2.45, 2.75) is 0 Å². The predicted molar refractivity (Wildman–Crippen MR) is 49.4 cm³/mol. The standard InChI is InChI=1S/C8H9NO2.ClH/c1-9-6-2-3-7-8(4-6)11-5-10-7;/h2-4,9H,5H2,1H3;1H. The molecule has 1 aliphatic rings. The van der Waals surface area contributed by atoms with E-state index >= 15 is 0 Å². The van der Waals surface area contributed by atoms with Crippen LogP contribution in [0.5, 0.6) is 11.5 Å². The maximum Gasteiger partial charge on any atom is 0.231 e. The van der Waals surface area contributed by atoms with Gasteiger partial charge >= 0.3 is 0 Å². The van der Waals surface area contributed by atoms with Gasteiger partial charge in [-0.1, -0.05) is 0 Å². The first-order valence-corrected chi connectivity index (χ1v) is 3.47. The van der Waals surface area contributed by atoms with Gasteiger partial charge < -0.3 is 14.8 Å². The van der Waals surface area contributed by atoms with E-state index in [4.69, 9.17) is 9.47 Å². The van der Waals surface area contributed by atoms with Gasteiger partial charge in [0.05, 0.1) is 0 Å². The Morgan fingerprint density at radius 2 is 2.00 bits per heavy atom. The average molecular weight is 188 g/mol. The van der Waals surface area contributed by atoms with Crippen LogP contribution < -0.4 is 14.8 Å². The molecule has 1 heterocycles. The molecular weight excluding hydrogens is 178 g/mol. The van der Waals surface area contributed by atoms with Crippen LogP contribution in [-0.4, -0.2) is 13.8 Å². The molecule has 0 fully saturated rings. The van der Waals surface area contributed by atoms with Crippen molar-refractivity contribution in [3.05, 3.63) is 18.2 Å². The normalized spacial score (nSPS) is 12.1. The zero-order valence-electron chi connectivity index (χ0n) is 6.66. The molecule has 4 heteroatoms. The van der Waals surface area contributed by atoms with E-state index in [-0.39, 0.29) is 12.4 Å². The van der Waals surface area contributed by atoms with Crippen LogP contribution in [0.25, 0.3) is 0 Å². The smallest absolute Gasteiger partial charge is 0.231 e. The molecule has 66 valence electrons. The minimum Gasteiger partial charge on any atom is -0.454 e. The highest BCUT2D eigenvalue weighted by atomic mass is 35.5. The minimum absolute atomic E-state index is 0. The molecule has 0 saturated carbocycles. The lowest BCUT2D eigenvalue weighted by Crippen LogP contribution is -1.93. The molecule has 0 bridgehead atoms. The van der Waals surface area contributed by atoms with Crippen LogP contribution in [0.15, 0.2) is 18.2 Å². The molecule has 0 radical (unpaired) electrons. The average Bonchev–Trinajstić information content (AvgIpc) is 2.50. The van der Waals surface area contributed by atoms with Gasteiger partial charge in [0.25, 0.3) is 0 Å². The number of fused-ring (bicyclic) bond motifs is 1. The lowest BCUT2D eigenvalue weighted by Gasteiger charge is -2.00. The van der Waals surface area contributed by atoms with E-state index in [1.165, 1.54) is 0 Å². The van der Waals surface area contributed by atoms with Gasteiger partial charge in [0.1, 0.15) is 0 Å². The van der Waals surface area contributed by atoms with E-state index in [2.05, 4.69) is 5.32 Å². The fourth-order valence-corrected chi connectivity index (χ4v) is 1.05. The highest BCUT2D eigenvalue weighted by molar-refractivity contribution is 5.85. The molecule has 1 aromatic carbocycles. The Morgan fingerprint density at radius 1 is 1.25 bits per heavy atom. The van der Waals surface area contributed by atoms with E-state index in [0.29, 0.717) is 6.79 Å². The molecule has 0 unspecified atom stereocenters. The summed E-state index contributed by atoms with van der Waals surface area (Å²) in [7, 11) is 1.87. The molecule has 1 N–H and O–H groups in total. The van der Waals surface area contributed by atoms with Gasteiger partial charge in [0, 0.05) is 18.8 Å². The SMILES string of the molecule is CNc1ccc2c(c1)OCO2.Cl. The number of nitrogens with one attached hydrogen (secondary N) is 1. The molecule has 1 aliphatic heterocycles. The second kappa shape index (κ2) is 3.54. The zero-order chi connectivity index (χ0) is 7.68. The highest BCUT2D eigenvalue weighted by Gasteiger charge is 2.12. The summed E-state index contributed by atoms with van der Waals surface area (Å²) in [6, 6.07) is 5.77. The fourth-order valence-electron chi connectivity index (χ4n) is 1.05. The molecule has 1 aromatic rings. The Kier molecular flexibility index (Phi) is 2.65. The summed E-state index contributed by atoms with van der Waals surface area (Å²) < 4.78 is 10.3. The minimum atomic E-state index is 0. The summed E-state index contributed by atoms with van der Waals surface area (Å²) in [4.78, 5) is 0. The Bertz CT molecular complexity index is 278. The Balaban J connectivity index is 0.000000720. The van der Waals surface area contributed by atoms with Gasteiger partial charge in [-0.15, -0.1) is 12.4 Å². The fraction of sp³-hybridized carbons (Fsp3) is 0.250. The summed E-state index contributed by atoms with van der Waals surface area (Å²) in [5, 5.41) is 3.02. The number of hydrogen-bond donors (Lipinski definition) is 1. The van der Waals surface area contributed by atoms with Crippen LogP contribution in [0.1, 0.15) is 0 Å². The molecule has 0 aliphatic carbocycles. The number of benzene rings is 1. The first-order valence-electron chi connectivity index (χ1n) is 3.47. The number of ether oxygens (including phenoxy) is 2. The van der Waals surface area contributed by atoms with E-state index in [1.807, 2.05) is 25.2 Å². The van der Waals surface area contributed by atoms with Crippen LogP contribution >= 0.6 is 12.4 Å². The third-order valence-electron chi connectivity index (χ3n) is 1.66. The Hall–Kier alpha value is -1.09. The monoisotopic (exact) mass is 187 g/mol. The van der Waals surface area contributed by atoms with Gasteiger partial charge in [-0.25, -0.2) is 0 Å². The maximum absolute atomic E-state index is 5.18. The lowest BCUT2D eigenvalue weighted by molar-refractivity contribution is 0.174. The van der Waals surface area contributed by atoms with Gasteiger partial charge in [-0.3, -0.25) is 0 Å². The van der Waals surface area contributed by atoms with Crippen molar-refractivity contribution >= 4 is 18.1 Å². The molecule has 0 spiro atoms. The van der Waals surface area contributed by atoms with Gasteiger partial charge in [-0.2, -0.15) is 0 Å². The summed E-state index contributed by atoms with van der Waals surface area (Å²) in [6.45, 7) is 0.336. The van der Waals surface area contributed by atoms with Crippen LogP contribution in [0.2, 0.25) is 0 Å². The molecule has 12 heavy (non-hydrogen) atoms. The van der Waals surface area contributed by atoms with Crippen molar-refractivity contribution < 1.29 is 9.47 Å². The zero-order valence-corrected chi connectivity index (χ0v) is 7.48. The summed E-state index contributed by atoms with van der Waals surface area (Å²) in [6.07, 6.45) is 0. The van der Waals surface area contributed by atoms with Crippen molar-refractivity contribution in [3.63, 3.8) is 0 Å². The largest absolute Gasteiger partial charge is 0.454 e. The second-order valence-corrected chi connectivity index (χ2v) is 2.32.